The van der Waals surface area contributed by atoms with Gasteiger partial charge in [0.15, 0.2) is 5.65 Å². The van der Waals surface area contributed by atoms with E-state index in [1.165, 1.54) is 4.68 Å². The number of aromatic nitrogens is 5. The van der Waals surface area contributed by atoms with Gasteiger partial charge in [-0.1, -0.05) is 0 Å². The number of carboxylic acids is 1. The molecule has 9 heteroatoms. The summed E-state index contributed by atoms with van der Waals surface area (Å²) in [5.41, 5.74) is 2.85. The van der Waals surface area contributed by atoms with Gasteiger partial charge in [-0.25, -0.2) is 9.50 Å². The minimum Gasteiger partial charge on any atom is -0.480 e. The van der Waals surface area contributed by atoms with E-state index >= 15 is 0 Å². The lowest BCUT2D eigenvalue weighted by Gasteiger charge is -2.33. The SMILES string of the molecule is Cc1c(C(=O)N2CCC[C@@H](c3ccnn3CC(=O)O)C2)cnc2ccnn12. The molecule has 9 nitrogen and oxygen atoms in total. The highest BCUT2D eigenvalue weighted by Crippen LogP contribution is 2.28. The molecule has 0 aliphatic carbocycles. The summed E-state index contributed by atoms with van der Waals surface area (Å²) in [5, 5.41) is 17.4. The quantitative estimate of drug-likeness (QED) is 0.745. The van der Waals surface area contributed by atoms with E-state index in [-0.39, 0.29) is 18.4 Å². The molecule has 3 aromatic heterocycles. The summed E-state index contributed by atoms with van der Waals surface area (Å²) in [6, 6.07) is 3.63. The van der Waals surface area contributed by atoms with Crippen LogP contribution in [-0.4, -0.2) is 59.4 Å². The van der Waals surface area contributed by atoms with Gasteiger partial charge in [-0.15, -0.1) is 0 Å². The first kappa shape index (κ1) is 17.2. The van der Waals surface area contributed by atoms with Crippen molar-refractivity contribution in [2.45, 2.75) is 32.2 Å². The van der Waals surface area contributed by atoms with E-state index in [4.69, 9.17) is 5.11 Å². The van der Waals surface area contributed by atoms with E-state index in [2.05, 4.69) is 15.2 Å². The molecule has 0 aromatic carbocycles. The molecule has 0 bridgehead atoms. The number of piperidine rings is 1. The number of likely N-dealkylation sites (tertiary alicyclic amines) is 1. The lowest BCUT2D eigenvalue weighted by molar-refractivity contribution is -0.137. The molecule has 1 aliphatic rings. The second-order valence-electron chi connectivity index (χ2n) is 6.76. The van der Waals surface area contributed by atoms with Crippen LogP contribution in [-0.2, 0) is 11.3 Å². The van der Waals surface area contributed by atoms with Crippen LogP contribution >= 0.6 is 0 Å². The van der Waals surface area contributed by atoms with Gasteiger partial charge in [0.05, 0.1) is 17.5 Å². The number of carbonyl (C=O) groups excluding carboxylic acids is 1. The van der Waals surface area contributed by atoms with Crippen LogP contribution in [0.3, 0.4) is 0 Å². The average molecular weight is 368 g/mol. The van der Waals surface area contributed by atoms with Crippen molar-refractivity contribution in [2.75, 3.05) is 13.1 Å². The van der Waals surface area contributed by atoms with Crippen molar-refractivity contribution in [3.8, 4) is 0 Å². The molecular weight excluding hydrogens is 348 g/mol. The molecule has 140 valence electrons. The molecule has 1 saturated heterocycles. The van der Waals surface area contributed by atoms with Gasteiger partial charge in [-0.05, 0) is 25.8 Å². The van der Waals surface area contributed by atoms with E-state index in [0.717, 1.165) is 24.2 Å². The fraction of sp³-hybridized carbons (Fsp3) is 0.389. The molecule has 1 atom stereocenters. The molecule has 0 spiro atoms. The highest BCUT2D eigenvalue weighted by molar-refractivity contribution is 5.95. The largest absolute Gasteiger partial charge is 0.480 e. The lowest BCUT2D eigenvalue weighted by Crippen LogP contribution is -2.40. The molecular formula is C18H20N6O3. The molecule has 3 aromatic rings. The number of hydrogen-bond donors (Lipinski definition) is 1. The summed E-state index contributed by atoms with van der Waals surface area (Å²) in [6.07, 6.45) is 6.62. The Morgan fingerprint density at radius 2 is 2.07 bits per heavy atom. The van der Waals surface area contributed by atoms with Crippen molar-refractivity contribution >= 4 is 17.5 Å². The van der Waals surface area contributed by atoms with Crippen LogP contribution in [0.2, 0.25) is 0 Å². The zero-order chi connectivity index (χ0) is 19.0. The Balaban J connectivity index is 1.57. The maximum Gasteiger partial charge on any atom is 0.325 e. The number of nitrogens with zero attached hydrogens (tertiary/aromatic N) is 6. The molecule has 4 heterocycles. The molecule has 1 fully saturated rings. The number of aryl methyl sites for hydroxylation is 1. The van der Waals surface area contributed by atoms with Gasteiger partial charge in [-0.3, -0.25) is 14.3 Å². The first-order chi connectivity index (χ1) is 13.0. The summed E-state index contributed by atoms with van der Waals surface area (Å²) < 4.78 is 3.17. The normalized spacial score (nSPS) is 17.4. The van der Waals surface area contributed by atoms with Crippen LogP contribution in [0.1, 0.15) is 40.5 Å². The van der Waals surface area contributed by atoms with Crippen molar-refractivity contribution in [3.05, 3.63) is 47.7 Å². The summed E-state index contributed by atoms with van der Waals surface area (Å²) in [6.45, 7) is 2.88. The summed E-state index contributed by atoms with van der Waals surface area (Å²) >= 11 is 0. The van der Waals surface area contributed by atoms with Gasteiger partial charge in [0.1, 0.15) is 6.54 Å². The number of aliphatic carboxylic acids is 1. The van der Waals surface area contributed by atoms with Crippen LogP contribution in [0.4, 0.5) is 0 Å². The topological polar surface area (TPSA) is 106 Å². The molecule has 1 aliphatic heterocycles. The Hall–Kier alpha value is -3.23. The summed E-state index contributed by atoms with van der Waals surface area (Å²) in [7, 11) is 0. The first-order valence-electron chi connectivity index (χ1n) is 8.86. The van der Waals surface area contributed by atoms with Crippen LogP contribution in [0.15, 0.2) is 30.7 Å². The van der Waals surface area contributed by atoms with Gasteiger partial charge in [-0.2, -0.15) is 10.2 Å². The monoisotopic (exact) mass is 368 g/mol. The minimum absolute atomic E-state index is 0.0613. The average Bonchev–Trinajstić information content (AvgIpc) is 3.31. The molecule has 0 unspecified atom stereocenters. The van der Waals surface area contributed by atoms with E-state index < -0.39 is 5.97 Å². The van der Waals surface area contributed by atoms with Crippen molar-refractivity contribution in [1.29, 1.82) is 0 Å². The van der Waals surface area contributed by atoms with Gasteiger partial charge in [0.25, 0.3) is 5.91 Å². The smallest absolute Gasteiger partial charge is 0.325 e. The third kappa shape index (κ3) is 3.16. The number of carbonyl (C=O) groups is 2. The van der Waals surface area contributed by atoms with E-state index in [9.17, 15) is 9.59 Å². The number of rotatable bonds is 4. The van der Waals surface area contributed by atoms with E-state index in [0.29, 0.717) is 24.3 Å². The van der Waals surface area contributed by atoms with Gasteiger partial charge < -0.3 is 10.0 Å². The van der Waals surface area contributed by atoms with Crippen molar-refractivity contribution < 1.29 is 14.7 Å². The zero-order valence-corrected chi connectivity index (χ0v) is 14.9. The number of fused-ring (bicyclic) bond motifs is 1. The maximum atomic E-state index is 13.1. The summed E-state index contributed by atoms with van der Waals surface area (Å²) in [5.74, 6) is -0.949. The molecule has 1 amide bonds. The van der Waals surface area contributed by atoms with Crippen molar-refractivity contribution in [3.63, 3.8) is 0 Å². The van der Waals surface area contributed by atoms with Gasteiger partial charge in [0.2, 0.25) is 0 Å². The Morgan fingerprint density at radius 3 is 2.89 bits per heavy atom. The predicted octanol–water partition coefficient (Wildman–Crippen LogP) is 1.34. The number of carboxylic acid groups (broad SMARTS) is 1. The summed E-state index contributed by atoms with van der Waals surface area (Å²) in [4.78, 5) is 30.3. The first-order valence-corrected chi connectivity index (χ1v) is 8.86. The molecule has 1 N–H and O–H groups in total. The third-order valence-corrected chi connectivity index (χ3v) is 5.05. The van der Waals surface area contributed by atoms with E-state index in [1.54, 1.807) is 29.2 Å². The predicted molar refractivity (Wildman–Crippen MR) is 95.5 cm³/mol. The Kier molecular flexibility index (Phi) is 4.35. The van der Waals surface area contributed by atoms with Gasteiger partial charge >= 0.3 is 5.97 Å². The van der Waals surface area contributed by atoms with Gasteiger partial charge in [0, 0.05) is 43.2 Å². The Bertz CT molecular complexity index is 1010. The molecule has 0 radical (unpaired) electrons. The second-order valence-corrected chi connectivity index (χ2v) is 6.76. The van der Waals surface area contributed by atoms with Crippen LogP contribution < -0.4 is 0 Å². The third-order valence-electron chi connectivity index (χ3n) is 5.05. The fourth-order valence-corrected chi connectivity index (χ4v) is 3.72. The minimum atomic E-state index is -0.932. The lowest BCUT2D eigenvalue weighted by atomic mass is 9.94. The maximum absolute atomic E-state index is 13.1. The van der Waals surface area contributed by atoms with Crippen molar-refractivity contribution in [1.82, 2.24) is 29.3 Å². The van der Waals surface area contributed by atoms with Crippen LogP contribution in [0, 0.1) is 6.92 Å². The molecule has 27 heavy (non-hydrogen) atoms. The Morgan fingerprint density at radius 1 is 1.26 bits per heavy atom. The Labute approximate surface area is 155 Å². The van der Waals surface area contributed by atoms with Crippen LogP contribution in [0.5, 0.6) is 0 Å². The van der Waals surface area contributed by atoms with Crippen molar-refractivity contribution in [2.24, 2.45) is 0 Å². The number of amides is 1. The highest BCUT2D eigenvalue weighted by Gasteiger charge is 2.29. The van der Waals surface area contributed by atoms with E-state index in [1.807, 2.05) is 17.9 Å². The molecule has 4 rings (SSSR count). The number of hydrogen-bond acceptors (Lipinski definition) is 5. The zero-order valence-electron chi connectivity index (χ0n) is 14.9. The standard InChI is InChI=1S/C18H20N6O3/c1-12-14(9-19-16-5-7-21-24(12)16)18(27)22-8-2-3-13(10-22)15-4-6-20-23(15)11-17(25)26/h4-7,9,13H,2-3,8,10-11H2,1H3,(H,25,26)/t13-/m1/s1. The second kappa shape index (κ2) is 6.82. The highest BCUT2D eigenvalue weighted by atomic mass is 16.4. The fourth-order valence-electron chi connectivity index (χ4n) is 3.72. The molecule has 0 saturated carbocycles. The van der Waals surface area contributed by atoms with Crippen LogP contribution in [0.25, 0.3) is 5.65 Å².